The number of aromatic nitrogens is 2. The van der Waals surface area contributed by atoms with E-state index in [0.29, 0.717) is 36.8 Å². The summed E-state index contributed by atoms with van der Waals surface area (Å²) >= 11 is 0. The van der Waals surface area contributed by atoms with E-state index >= 15 is 0 Å². The fraction of sp³-hybridized carbons (Fsp3) is 0.677. The number of nitrogens with zero attached hydrogens (tertiary/aromatic N) is 4. The molecule has 1 aromatic carbocycles. The number of piperidine rings is 3. The summed E-state index contributed by atoms with van der Waals surface area (Å²) in [6, 6.07) is 7.63. The molecule has 40 heavy (non-hydrogen) atoms. The number of fused-ring (bicyclic) bond motifs is 3. The fourth-order valence-corrected chi connectivity index (χ4v) is 7.68. The molecule has 4 fully saturated rings. The van der Waals surface area contributed by atoms with Crippen LogP contribution in [0.5, 0.6) is 0 Å². The van der Waals surface area contributed by atoms with Crippen LogP contribution in [0.1, 0.15) is 95.2 Å². The average molecular weight is 550 g/mol. The van der Waals surface area contributed by atoms with Crippen LogP contribution in [0.4, 0.5) is 4.79 Å². The Balaban J connectivity index is 1.13. The van der Waals surface area contributed by atoms with E-state index in [4.69, 9.17) is 9.84 Å². The Bertz CT molecular complexity index is 1290. The van der Waals surface area contributed by atoms with Crippen molar-refractivity contribution in [1.29, 1.82) is 0 Å². The van der Waals surface area contributed by atoms with E-state index in [1.54, 1.807) is 0 Å². The maximum atomic E-state index is 12.6. The van der Waals surface area contributed by atoms with Crippen molar-refractivity contribution in [2.75, 3.05) is 19.6 Å². The normalized spacial score (nSPS) is 28.2. The zero-order valence-electron chi connectivity index (χ0n) is 24.3. The van der Waals surface area contributed by atoms with E-state index in [2.05, 4.69) is 28.4 Å². The number of carbonyl (C=O) groups excluding carboxylic acids is 3. The van der Waals surface area contributed by atoms with Gasteiger partial charge in [-0.2, -0.15) is 5.10 Å². The number of benzene rings is 1. The molecule has 1 N–H and O–H groups in total. The van der Waals surface area contributed by atoms with Crippen LogP contribution in [0.2, 0.25) is 0 Å². The average Bonchev–Trinajstić information content (AvgIpc) is 3.34. The number of hydrogen-bond donors (Lipinski definition) is 1. The summed E-state index contributed by atoms with van der Waals surface area (Å²) < 4.78 is 7.54. The largest absolute Gasteiger partial charge is 0.444 e. The lowest BCUT2D eigenvalue weighted by Gasteiger charge is -2.42. The molecule has 0 radical (unpaired) electrons. The van der Waals surface area contributed by atoms with Gasteiger partial charge in [0.05, 0.1) is 17.1 Å². The first-order valence-corrected chi connectivity index (χ1v) is 15.1. The topological polar surface area (TPSA) is 96.8 Å². The molecule has 4 aliphatic heterocycles. The Morgan fingerprint density at radius 1 is 1.05 bits per heavy atom. The zero-order chi connectivity index (χ0) is 28.2. The summed E-state index contributed by atoms with van der Waals surface area (Å²) in [6.07, 6.45) is 7.55. The molecule has 9 heteroatoms. The number of imide groups is 1. The maximum absolute atomic E-state index is 12.6. The highest BCUT2D eigenvalue weighted by Gasteiger charge is 2.43. The number of carbonyl (C=O) groups is 3. The van der Waals surface area contributed by atoms with Crippen molar-refractivity contribution in [3.63, 3.8) is 0 Å². The van der Waals surface area contributed by atoms with Crippen LogP contribution < -0.4 is 5.32 Å². The van der Waals surface area contributed by atoms with Crippen LogP contribution in [0.15, 0.2) is 18.2 Å². The highest BCUT2D eigenvalue weighted by molar-refractivity contribution is 6.02. The van der Waals surface area contributed by atoms with Gasteiger partial charge >= 0.3 is 6.09 Å². The molecular weight excluding hydrogens is 506 g/mol. The molecule has 1 unspecified atom stereocenters. The van der Waals surface area contributed by atoms with Gasteiger partial charge in [-0.3, -0.25) is 24.5 Å². The first-order chi connectivity index (χ1) is 19.1. The summed E-state index contributed by atoms with van der Waals surface area (Å²) in [7, 11) is 1.98. The van der Waals surface area contributed by atoms with Gasteiger partial charge in [-0.15, -0.1) is 0 Å². The van der Waals surface area contributed by atoms with Crippen LogP contribution in [0, 0.1) is 5.92 Å². The SMILES string of the molecule is Cn1nc(C2CCC(=O)NC2=O)c2cccc(C3C[C@@H]4CC[C@@H](C3)N4CC3CCN(C(=O)OC(C)(C)C)CC3)c21. The van der Waals surface area contributed by atoms with Gasteiger partial charge in [-0.05, 0) is 83.1 Å². The summed E-state index contributed by atoms with van der Waals surface area (Å²) in [5, 5.41) is 8.36. The van der Waals surface area contributed by atoms with Crippen molar-refractivity contribution in [3.05, 3.63) is 29.5 Å². The summed E-state index contributed by atoms with van der Waals surface area (Å²) in [6.45, 7) is 8.45. The van der Waals surface area contributed by atoms with Crippen molar-refractivity contribution < 1.29 is 19.1 Å². The molecule has 0 aliphatic carbocycles. The van der Waals surface area contributed by atoms with Gasteiger partial charge in [0.15, 0.2) is 0 Å². The molecule has 4 aliphatic rings. The van der Waals surface area contributed by atoms with Crippen LogP contribution in [0.3, 0.4) is 0 Å². The van der Waals surface area contributed by atoms with E-state index < -0.39 is 5.60 Å². The molecule has 2 bridgehead atoms. The standard InChI is InChI=1S/C31H43N5O4/c1-31(2,3)40-30(39)35-14-12-19(13-15-35)18-36-21-8-9-22(36)17-20(16-21)23-6-5-7-24-27(33-34(4)28(23)24)25-10-11-26(37)32-29(25)38/h5-7,19-22,25H,8-18H2,1-4H3,(H,32,37,38)/t21-,22-,25?/m0/s1. The molecule has 9 nitrogen and oxygen atoms in total. The Morgan fingerprint density at radius 2 is 1.75 bits per heavy atom. The predicted octanol–water partition coefficient (Wildman–Crippen LogP) is 4.45. The zero-order valence-corrected chi connectivity index (χ0v) is 24.3. The number of rotatable bonds is 4. The van der Waals surface area contributed by atoms with Gasteiger partial charge in [0.1, 0.15) is 5.60 Å². The second-order valence-electron chi connectivity index (χ2n) is 13.4. The van der Waals surface area contributed by atoms with Crippen molar-refractivity contribution >= 4 is 28.8 Å². The lowest BCUT2D eigenvalue weighted by molar-refractivity contribution is -0.134. The molecule has 0 saturated carbocycles. The van der Waals surface area contributed by atoms with E-state index in [0.717, 1.165) is 61.9 Å². The molecule has 5 heterocycles. The monoisotopic (exact) mass is 549 g/mol. The third-order valence-corrected chi connectivity index (χ3v) is 9.55. The predicted molar refractivity (Wildman–Crippen MR) is 152 cm³/mol. The molecule has 4 saturated heterocycles. The second-order valence-corrected chi connectivity index (χ2v) is 13.4. The third-order valence-electron chi connectivity index (χ3n) is 9.55. The summed E-state index contributed by atoms with van der Waals surface area (Å²) in [5.74, 6) is 0.283. The molecule has 216 valence electrons. The highest BCUT2D eigenvalue weighted by Crippen LogP contribution is 2.46. The van der Waals surface area contributed by atoms with Crippen molar-refractivity contribution in [2.45, 2.75) is 102 Å². The number of ether oxygens (including phenoxy) is 1. The number of amides is 3. The number of likely N-dealkylation sites (tertiary alicyclic amines) is 1. The Labute approximate surface area is 236 Å². The van der Waals surface area contributed by atoms with Crippen LogP contribution in [0.25, 0.3) is 10.9 Å². The third kappa shape index (κ3) is 5.24. The van der Waals surface area contributed by atoms with Crippen molar-refractivity contribution in [3.8, 4) is 0 Å². The molecular formula is C31H43N5O4. The quantitative estimate of drug-likeness (QED) is 0.566. The highest BCUT2D eigenvalue weighted by atomic mass is 16.6. The number of aryl methyl sites for hydroxylation is 1. The first-order valence-electron chi connectivity index (χ1n) is 15.1. The molecule has 2 aromatic rings. The maximum Gasteiger partial charge on any atom is 0.410 e. The Morgan fingerprint density at radius 3 is 2.40 bits per heavy atom. The number of para-hydroxylation sites is 1. The van der Waals surface area contributed by atoms with Crippen molar-refractivity contribution in [1.82, 2.24) is 24.9 Å². The minimum atomic E-state index is -0.455. The Hall–Kier alpha value is -2.94. The van der Waals surface area contributed by atoms with E-state index in [-0.39, 0.29) is 23.8 Å². The summed E-state index contributed by atoms with van der Waals surface area (Å²) in [4.78, 5) is 41.5. The Kier molecular flexibility index (Phi) is 7.13. The van der Waals surface area contributed by atoms with Gasteiger partial charge < -0.3 is 9.64 Å². The van der Waals surface area contributed by atoms with E-state index in [1.165, 1.54) is 18.4 Å². The van der Waals surface area contributed by atoms with Crippen LogP contribution in [-0.2, 0) is 21.4 Å². The van der Waals surface area contributed by atoms with E-state index in [9.17, 15) is 14.4 Å². The lowest BCUT2D eigenvalue weighted by atomic mass is 9.82. The van der Waals surface area contributed by atoms with Gasteiger partial charge in [0.2, 0.25) is 11.8 Å². The first kappa shape index (κ1) is 27.2. The smallest absolute Gasteiger partial charge is 0.410 e. The minimum absolute atomic E-state index is 0.183. The lowest BCUT2D eigenvalue weighted by Crippen LogP contribution is -2.48. The second kappa shape index (κ2) is 10.5. The molecule has 3 amide bonds. The van der Waals surface area contributed by atoms with Crippen LogP contribution >= 0.6 is 0 Å². The van der Waals surface area contributed by atoms with Crippen molar-refractivity contribution in [2.24, 2.45) is 13.0 Å². The van der Waals surface area contributed by atoms with Gasteiger partial charge in [-0.1, -0.05) is 18.2 Å². The number of nitrogens with one attached hydrogen (secondary N) is 1. The van der Waals surface area contributed by atoms with Gasteiger partial charge in [-0.25, -0.2) is 4.79 Å². The number of hydrogen-bond acceptors (Lipinski definition) is 6. The van der Waals surface area contributed by atoms with Crippen LogP contribution in [-0.4, -0.2) is 74.8 Å². The molecule has 1 aromatic heterocycles. The molecule has 6 rings (SSSR count). The molecule has 0 spiro atoms. The van der Waals surface area contributed by atoms with Gasteiger partial charge in [0, 0.05) is 50.6 Å². The van der Waals surface area contributed by atoms with E-state index in [1.807, 2.05) is 37.4 Å². The fourth-order valence-electron chi connectivity index (χ4n) is 7.68. The summed E-state index contributed by atoms with van der Waals surface area (Å²) in [5.41, 5.74) is 2.81. The molecule has 3 atom stereocenters. The van der Waals surface area contributed by atoms with Gasteiger partial charge in [0.25, 0.3) is 0 Å². The minimum Gasteiger partial charge on any atom is -0.444 e.